The van der Waals surface area contributed by atoms with E-state index in [-0.39, 0.29) is 34.7 Å². The van der Waals surface area contributed by atoms with Crippen molar-refractivity contribution in [1.29, 1.82) is 0 Å². The molecule has 4 nitrogen and oxygen atoms in total. The molecule has 4 saturated carbocycles. The van der Waals surface area contributed by atoms with E-state index in [0.717, 1.165) is 38.5 Å². The molecule has 4 fully saturated rings. The maximum absolute atomic E-state index is 13.3. The van der Waals surface area contributed by atoms with Gasteiger partial charge in [-0.3, -0.25) is 4.79 Å². The molecule has 0 bridgehead atoms. The van der Waals surface area contributed by atoms with Crippen molar-refractivity contribution in [2.45, 2.75) is 111 Å². The number of hydrogen-bond acceptors (Lipinski definition) is 4. The summed E-state index contributed by atoms with van der Waals surface area (Å²) in [6, 6.07) is 0. The third kappa shape index (κ3) is 3.71. The number of carbonyl (C=O) groups is 1. The molecule has 0 radical (unpaired) electrons. The predicted molar refractivity (Wildman–Crippen MR) is 127 cm³/mol. The highest BCUT2D eigenvalue weighted by molar-refractivity contribution is 5.83. The highest BCUT2D eigenvalue weighted by Crippen LogP contribution is 2.67. The van der Waals surface area contributed by atoms with Gasteiger partial charge in [0.2, 0.25) is 0 Å². The Bertz CT molecular complexity index is 706. The van der Waals surface area contributed by atoms with Gasteiger partial charge in [0.25, 0.3) is 0 Å². The van der Waals surface area contributed by atoms with Gasteiger partial charge in [0.15, 0.2) is 0 Å². The molecular weight excluding hydrogens is 400 g/mol. The number of ketones is 1. The number of rotatable bonds is 5. The molecular formula is C28H48O4. The molecule has 0 heterocycles. The fourth-order valence-electron chi connectivity index (χ4n) is 9.18. The van der Waals surface area contributed by atoms with Crippen LogP contribution in [0.5, 0.6) is 0 Å². The minimum atomic E-state index is -0.694. The summed E-state index contributed by atoms with van der Waals surface area (Å²) < 4.78 is 0. The lowest BCUT2D eigenvalue weighted by Crippen LogP contribution is -2.57. The van der Waals surface area contributed by atoms with Crippen LogP contribution in [0.15, 0.2) is 0 Å². The Kier molecular flexibility index (Phi) is 6.66. The van der Waals surface area contributed by atoms with Crippen molar-refractivity contribution in [3.05, 3.63) is 0 Å². The van der Waals surface area contributed by atoms with Gasteiger partial charge in [-0.2, -0.15) is 0 Å². The van der Waals surface area contributed by atoms with E-state index in [9.17, 15) is 20.1 Å². The quantitative estimate of drug-likeness (QED) is 0.563. The lowest BCUT2D eigenvalue weighted by atomic mass is 9.44. The van der Waals surface area contributed by atoms with E-state index >= 15 is 0 Å². The normalized spacial score (nSPS) is 47.9. The molecule has 4 rings (SSSR count). The molecule has 3 N–H and O–H groups in total. The number of carbonyl (C=O) groups excluding carboxylic acids is 1. The van der Waals surface area contributed by atoms with E-state index in [1.807, 2.05) is 6.92 Å². The number of Topliss-reactive ketones (excluding diaryl/α,β-unsaturated/α-hetero) is 1. The van der Waals surface area contributed by atoms with E-state index in [4.69, 9.17) is 0 Å². The zero-order chi connectivity index (χ0) is 23.6. The van der Waals surface area contributed by atoms with E-state index in [0.29, 0.717) is 48.2 Å². The van der Waals surface area contributed by atoms with Crippen molar-refractivity contribution in [3.8, 4) is 0 Å². The Balaban J connectivity index is 1.54. The zero-order valence-electron chi connectivity index (χ0n) is 21.3. The molecule has 0 unspecified atom stereocenters. The number of aliphatic hydroxyl groups excluding tert-OH is 3. The van der Waals surface area contributed by atoms with E-state index in [1.165, 1.54) is 0 Å². The summed E-state index contributed by atoms with van der Waals surface area (Å²) in [5.74, 6) is 2.88. The summed E-state index contributed by atoms with van der Waals surface area (Å²) in [6.07, 6.45) is 6.05. The number of fused-ring (bicyclic) bond motifs is 5. The second-order valence-electron chi connectivity index (χ2n) is 13.2. The zero-order valence-corrected chi connectivity index (χ0v) is 21.3. The Hall–Kier alpha value is -0.450. The molecule has 0 amide bonds. The van der Waals surface area contributed by atoms with Gasteiger partial charge in [-0.1, -0.05) is 41.5 Å². The minimum Gasteiger partial charge on any atom is -0.393 e. The first-order valence-electron chi connectivity index (χ1n) is 13.5. The summed E-state index contributed by atoms with van der Waals surface area (Å²) in [4.78, 5) is 13.3. The second-order valence-corrected chi connectivity index (χ2v) is 13.2. The van der Waals surface area contributed by atoms with Crippen LogP contribution in [0.25, 0.3) is 0 Å². The standard InChI is InChI=1S/C28H48O4/c1-15(2)16(3)25(31)26(32)17(4)20-7-8-21-19-14-24(30)23-13-18(29)9-11-28(23,6)22(19)10-12-27(20,21)5/h15-23,25-26,29,31-32H,7-14H2,1-6H3/t16-,17-,18-,19-,20+,21-,22+,23+,25+,26+,27+,28+/m0/s1. The highest BCUT2D eigenvalue weighted by atomic mass is 16.3. The predicted octanol–water partition coefficient (Wildman–Crippen LogP) is 4.84. The largest absolute Gasteiger partial charge is 0.393 e. The van der Waals surface area contributed by atoms with Gasteiger partial charge >= 0.3 is 0 Å². The Morgan fingerprint density at radius 1 is 0.875 bits per heavy atom. The molecule has 0 aliphatic heterocycles. The van der Waals surface area contributed by atoms with Gasteiger partial charge in [0.05, 0.1) is 18.3 Å². The first-order chi connectivity index (χ1) is 14.9. The summed E-state index contributed by atoms with van der Waals surface area (Å²) in [5, 5.41) is 32.2. The van der Waals surface area contributed by atoms with Gasteiger partial charge < -0.3 is 15.3 Å². The lowest BCUT2D eigenvalue weighted by molar-refractivity contribution is -0.161. The monoisotopic (exact) mass is 448 g/mol. The molecule has 4 heteroatoms. The Labute approximate surface area is 195 Å². The van der Waals surface area contributed by atoms with Gasteiger partial charge in [-0.15, -0.1) is 0 Å². The highest BCUT2D eigenvalue weighted by Gasteiger charge is 2.63. The molecule has 0 saturated heterocycles. The van der Waals surface area contributed by atoms with E-state index in [1.54, 1.807) is 0 Å². The van der Waals surface area contributed by atoms with Gasteiger partial charge in [-0.05, 0) is 97.2 Å². The van der Waals surface area contributed by atoms with Crippen molar-refractivity contribution < 1.29 is 20.1 Å². The maximum atomic E-state index is 13.3. The maximum Gasteiger partial charge on any atom is 0.136 e. The van der Waals surface area contributed by atoms with Gasteiger partial charge in [-0.25, -0.2) is 0 Å². The average Bonchev–Trinajstić information content (AvgIpc) is 3.10. The summed E-state index contributed by atoms with van der Waals surface area (Å²) in [7, 11) is 0. The molecule has 32 heavy (non-hydrogen) atoms. The Morgan fingerprint density at radius 2 is 1.50 bits per heavy atom. The number of hydrogen-bond donors (Lipinski definition) is 3. The first kappa shape index (κ1) is 24.7. The van der Waals surface area contributed by atoms with E-state index < -0.39 is 12.2 Å². The van der Waals surface area contributed by atoms with Crippen LogP contribution < -0.4 is 0 Å². The van der Waals surface area contributed by atoms with Crippen LogP contribution in [-0.4, -0.2) is 39.4 Å². The van der Waals surface area contributed by atoms with Crippen molar-refractivity contribution in [2.24, 2.45) is 58.2 Å². The molecule has 12 atom stereocenters. The van der Waals surface area contributed by atoms with Crippen LogP contribution in [-0.2, 0) is 4.79 Å². The van der Waals surface area contributed by atoms with Crippen molar-refractivity contribution in [3.63, 3.8) is 0 Å². The smallest absolute Gasteiger partial charge is 0.136 e. The van der Waals surface area contributed by atoms with E-state index in [2.05, 4.69) is 34.6 Å². The topological polar surface area (TPSA) is 77.8 Å². The Morgan fingerprint density at radius 3 is 2.16 bits per heavy atom. The average molecular weight is 449 g/mol. The van der Waals surface area contributed by atoms with Crippen LogP contribution in [0.1, 0.15) is 92.9 Å². The van der Waals surface area contributed by atoms with Crippen molar-refractivity contribution >= 4 is 5.78 Å². The van der Waals surface area contributed by atoms with Crippen LogP contribution in [0, 0.1) is 58.2 Å². The third-order valence-electron chi connectivity index (χ3n) is 11.6. The number of aliphatic hydroxyl groups is 3. The molecule has 0 aromatic rings. The van der Waals surface area contributed by atoms with Crippen LogP contribution in [0.4, 0.5) is 0 Å². The summed E-state index contributed by atoms with van der Waals surface area (Å²) >= 11 is 0. The van der Waals surface area contributed by atoms with Crippen LogP contribution in [0.2, 0.25) is 0 Å². The molecule has 0 spiro atoms. The fourth-order valence-corrected chi connectivity index (χ4v) is 9.18. The second kappa shape index (κ2) is 8.64. The minimum absolute atomic E-state index is 0.0440. The molecule has 4 aliphatic carbocycles. The summed E-state index contributed by atoms with van der Waals surface area (Å²) in [5.41, 5.74) is 0.187. The molecule has 0 aromatic carbocycles. The van der Waals surface area contributed by atoms with Gasteiger partial charge in [0, 0.05) is 12.3 Å². The van der Waals surface area contributed by atoms with Crippen LogP contribution >= 0.6 is 0 Å². The molecule has 0 aromatic heterocycles. The van der Waals surface area contributed by atoms with Crippen molar-refractivity contribution in [1.82, 2.24) is 0 Å². The third-order valence-corrected chi connectivity index (χ3v) is 11.6. The molecule has 4 aliphatic rings. The van der Waals surface area contributed by atoms with Gasteiger partial charge in [0.1, 0.15) is 5.78 Å². The fraction of sp³-hybridized carbons (Fsp3) is 0.964. The summed E-state index contributed by atoms with van der Waals surface area (Å²) in [6.45, 7) is 13.2. The lowest BCUT2D eigenvalue weighted by Gasteiger charge is -2.60. The van der Waals surface area contributed by atoms with Crippen LogP contribution in [0.3, 0.4) is 0 Å². The first-order valence-corrected chi connectivity index (χ1v) is 13.5. The van der Waals surface area contributed by atoms with Crippen molar-refractivity contribution in [2.75, 3.05) is 0 Å². The SMILES string of the molecule is CC(C)[C@H](C)[C@@H](O)[C@H](O)[C@@H](C)[C@H]1CC[C@H]2[C@@H]3CC(=O)[C@H]4C[C@@H](O)CC[C@]4(C)[C@@H]3CC[C@]12C. The molecule has 184 valence electrons.